The number of Topliss-reactive ketones (excluding diaryl/α,β-unsaturated/α-hetero) is 1. The van der Waals surface area contributed by atoms with Gasteiger partial charge in [-0.05, 0) is 67.5 Å². The summed E-state index contributed by atoms with van der Waals surface area (Å²) in [5.41, 5.74) is 13.8. The Labute approximate surface area is 220 Å². The van der Waals surface area contributed by atoms with Crippen LogP contribution >= 0.6 is 0 Å². The molecule has 38 heavy (non-hydrogen) atoms. The molecular formula is C28H29N9O. The van der Waals surface area contributed by atoms with E-state index in [1.54, 1.807) is 10.9 Å². The minimum atomic E-state index is 0.256. The highest BCUT2D eigenvalue weighted by Crippen LogP contribution is 2.46. The van der Waals surface area contributed by atoms with E-state index in [1.165, 1.54) is 5.69 Å². The van der Waals surface area contributed by atoms with E-state index in [0.717, 1.165) is 72.5 Å². The molecule has 0 unspecified atom stereocenters. The number of carbonyl (C=O) groups is 1. The fraction of sp³-hybridized carbons (Fsp3) is 0.357. The average Bonchev–Trinajstić information content (AvgIpc) is 3.32. The number of carbonyl (C=O) groups excluding carboxylic acids is 1. The maximum absolute atomic E-state index is 12.0. The van der Waals surface area contributed by atoms with Gasteiger partial charge in [0.05, 0.1) is 23.3 Å². The molecule has 1 aliphatic carbocycles. The predicted molar refractivity (Wildman–Crippen MR) is 145 cm³/mol. The Kier molecular flexibility index (Phi) is 5.52. The van der Waals surface area contributed by atoms with Gasteiger partial charge in [-0.25, -0.2) is 4.98 Å². The number of hydrogen-bond donors (Lipinski definition) is 2. The molecule has 0 amide bonds. The van der Waals surface area contributed by atoms with Crippen molar-refractivity contribution in [2.45, 2.75) is 50.9 Å². The number of nitrogens with zero attached hydrogens (tertiary/aromatic N) is 7. The van der Waals surface area contributed by atoms with Crippen molar-refractivity contribution in [3.05, 3.63) is 59.8 Å². The summed E-state index contributed by atoms with van der Waals surface area (Å²) in [7, 11) is 0. The minimum Gasteiger partial charge on any atom is -0.370 e. The first-order chi connectivity index (χ1) is 18.6. The van der Waals surface area contributed by atoms with Gasteiger partial charge >= 0.3 is 0 Å². The fourth-order valence-corrected chi connectivity index (χ4v) is 5.97. The van der Waals surface area contributed by atoms with E-state index in [9.17, 15) is 4.79 Å². The molecule has 0 radical (unpaired) electrons. The van der Waals surface area contributed by atoms with Crippen LogP contribution in [0.5, 0.6) is 0 Å². The number of ketones is 1. The molecule has 1 saturated heterocycles. The van der Waals surface area contributed by atoms with Crippen molar-refractivity contribution >= 4 is 29.1 Å². The predicted octanol–water partition coefficient (Wildman–Crippen LogP) is 3.98. The van der Waals surface area contributed by atoms with Crippen LogP contribution in [0.4, 0.5) is 23.3 Å². The number of nitrogens with two attached hydrogens (primary N) is 1. The highest BCUT2D eigenvalue weighted by molar-refractivity contribution is 5.83. The summed E-state index contributed by atoms with van der Waals surface area (Å²) in [6.45, 7) is 2.11. The van der Waals surface area contributed by atoms with E-state index >= 15 is 0 Å². The first kappa shape index (κ1) is 22.8. The number of hydrogen-bond acceptors (Lipinski definition) is 9. The molecule has 4 aromatic heterocycles. The monoisotopic (exact) mass is 507 g/mol. The molecule has 10 heteroatoms. The summed E-state index contributed by atoms with van der Waals surface area (Å²) in [5, 5.41) is 7.93. The van der Waals surface area contributed by atoms with Crippen molar-refractivity contribution in [1.82, 2.24) is 29.7 Å². The Bertz CT molecular complexity index is 1520. The Morgan fingerprint density at radius 3 is 2.68 bits per heavy atom. The molecule has 0 aromatic carbocycles. The van der Waals surface area contributed by atoms with E-state index in [2.05, 4.69) is 30.3 Å². The highest BCUT2D eigenvalue weighted by Gasteiger charge is 2.35. The van der Waals surface area contributed by atoms with Gasteiger partial charge in [0.25, 0.3) is 0 Å². The lowest BCUT2D eigenvalue weighted by molar-refractivity contribution is -0.119. The number of fused-ring (bicyclic) bond motifs is 3. The lowest BCUT2D eigenvalue weighted by Crippen LogP contribution is -2.40. The third kappa shape index (κ3) is 4.06. The second-order valence-electron chi connectivity index (χ2n) is 10.3. The highest BCUT2D eigenvalue weighted by atomic mass is 16.1. The number of aromatic nitrogens is 6. The second-order valence-corrected chi connectivity index (χ2v) is 10.3. The molecule has 2 bridgehead atoms. The lowest BCUT2D eigenvalue weighted by Gasteiger charge is -2.42. The van der Waals surface area contributed by atoms with Crippen LogP contribution in [-0.4, -0.2) is 48.6 Å². The Balaban J connectivity index is 1.24. The molecular weight excluding hydrogens is 478 g/mol. The molecule has 0 spiro atoms. The average molecular weight is 508 g/mol. The van der Waals surface area contributed by atoms with Crippen molar-refractivity contribution in [2.75, 3.05) is 29.0 Å². The molecule has 10 nitrogen and oxygen atoms in total. The normalized spacial score (nSPS) is 17.1. The van der Waals surface area contributed by atoms with Crippen molar-refractivity contribution in [1.29, 1.82) is 0 Å². The van der Waals surface area contributed by atoms with Gasteiger partial charge in [0.15, 0.2) is 5.82 Å². The number of nitrogens with one attached hydrogen (secondary N) is 1. The first-order valence-corrected chi connectivity index (χ1v) is 13.3. The summed E-state index contributed by atoms with van der Waals surface area (Å²) in [6, 6.07) is 8.15. The van der Waals surface area contributed by atoms with Crippen LogP contribution in [0.1, 0.15) is 55.0 Å². The zero-order valence-electron chi connectivity index (χ0n) is 21.1. The Morgan fingerprint density at radius 1 is 1.00 bits per heavy atom. The van der Waals surface area contributed by atoms with Crippen molar-refractivity contribution < 1.29 is 4.79 Å². The zero-order chi connectivity index (χ0) is 25.6. The van der Waals surface area contributed by atoms with Gasteiger partial charge < -0.3 is 16.0 Å². The second kappa shape index (κ2) is 9.20. The van der Waals surface area contributed by atoms with Crippen LogP contribution in [0.25, 0.3) is 16.9 Å². The maximum Gasteiger partial charge on any atom is 0.248 e. The van der Waals surface area contributed by atoms with Gasteiger partial charge in [-0.1, -0.05) is 0 Å². The van der Waals surface area contributed by atoms with Gasteiger partial charge in [-0.3, -0.25) is 14.8 Å². The number of rotatable bonds is 4. The van der Waals surface area contributed by atoms with Crippen LogP contribution in [0.2, 0.25) is 0 Å². The summed E-state index contributed by atoms with van der Waals surface area (Å²) in [5.74, 6) is 2.03. The van der Waals surface area contributed by atoms with E-state index in [-0.39, 0.29) is 5.95 Å². The molecule has 3 aliphatic heterocycles. The van der Waals surface area contributed by atoms with Crippen LogP contribution in [-0.2, 0) is 17.6 Å². The van der Waals surface area contributed by atoms with E-state index in [4.69, 9.17) is 10.7 Å². The van der Waals surface area contributed by atoms with Gasteiger partial charge in [0.2, 0.25) is 11.9 Å². The van der Waals surface area contributed by atoms with E-state index < -0.39 is 0 Å². The number of nitrogen functional groups attached to an aromatic ring is 1. The number of aryl methyl sites for hydroxylation is 2. The largest absolute Gasteiger partial charge is 0.370 e. The molecule has 0 atom stereocenters. The molecule has 0 saturated carbocycles. The number of piperidine rings is 1. The molecule has 7 heterocycles. The molecule has 1 fully saturated rings. The molecule has 8 rings (SSSR count). The smallest absolute Gasteiger partial charge is 0.248 e. The Morgan fingerprint density at radius 2 is 1.84 bits per heavy atom. The van der Waals surface area contributed by atoms with Crippen LogP contribution in [0, 0.1) is 0 Å². The SMILES string of the molecule is Nc1nc(Nc2cnc3c(c2)CCC(=O)CCC3)nn1-c1cc(-c2ccncc2)c2c(n1)C1CCN2CC1. The summed E-state index contributed by atoms with van der Waals surface area (Å²) < 4.78 is 1.60. The summed E-state index contributed by atoms with van der Waals surface area (Å²) in [6.07, 6.45) is 11.2. The van der Waals surface area contributed by atoms with E-state index in [0.29, 0.717) is 42.7 Å². The number of anilines is 4. The summed E-state index contributed by atoms with van der Waals surface area (Å²) in [4.78, 5) is 32.8. The quantitative estimate of drug-likeness (QED) is 0.421. The third-order valence-corrected chi connectivity index (χ3v) is 7.90. The van der Waals surface area contributed by atoms with Gasteiger partial charge in [-0.2, -0.15) is 9.67 Å². The molecule has 3 N–H and O–H groups in total. The first-order valence-electron chi connectivity index (χ1n) is 13.3. The third-order valence-electron chi connectivity index (χ3n) is 7.90. The van der Waals surface area contributed by atoms with Gasteiger partial charge in [-0.15, -0.1) is 5.10 Å². The fourth-order valence-electron chi connectivity index (χ4n) is 5.97. The van der Waals surface area contributed by atoms with E-state index in [1.807, 2.05) is 36.7 Å². The minimum absolute atomic E-state index is 0.256. The van der Waals surface area contributed by atoms with Gasteiger partial charge in [0.1, 0.15) is 5.78 Å². The van der Waals surface area contributed by atoms with Crippen molar-refractivity contribution in [3.8, 4) is 16.9 Å². The lowest BCUT2D eigenvalue weighted by atomic mass is 9.84. The zero-order valence-corrected chi connectivity index (χ0v) is 21.1. The topological polar surface area (TPSA) is 128 Å². The molecule has 4 aromatic rings. The number of pyridine rings is 3. The Hall–Kier alpha value is -4.34. The van der Waals surface area contributed by atoms with Gasteiger partial charge in [0, 0.05) is 55.5 Å². The van der Waals surface area contributed by atoms with Crippen LogP contribution in [0.3, 0.4) is 0 Å². The molecule has 192 valence electrons. The maximum atomic E-state index is 12.0. The summed E-state index contributed by atoms with van der Waals surface area (Å²) >= 11 is 0. The standard InChI is InChI=1S/C28H29N9O/c29-27-34-28(32-20-14-19-4-5-21(38)2-1-3-23(19)31-16-20)35-37(27)24-15-22(17-6-10-30-11-7-17)26-25(33-24)18-8-12-36(26)13-9-18/h6-7,10-11,14-16,18H,1-5,8-9,12-13H2,(H3,29,32,34,35). The van der Waals surface area contributed by atoms with Crippen LogP contribution < -0.4 is 16.0 Å². The van der Waals surface area contributed by atoms with Crippen LogP contribution in [0.15, 0.2) is 42.9 Å². The molecule has 4 aliphatic rings. The van der Waals surface area contributed by atoms with Crippen molar-refractivity contribution in [3.63, 3.8) is 0 Å². The van der Waals surface area contributed by atoms with Crippen molar-refractivity contribution in [2.24, 2.45) is 0 Å².